The smallest absolute Gasteiger partial charge is 0.307 e. The quantitative estimate of drug-likeness (QED) is 0.312. The molecule has 4 unspecified atom stereocenters. The number of ether oxygens (including phenoxy) is 1. The van der Waals surface area contributed by atoms with Gasteiger partial charge in [0.15, 0.2) is 11.4 Å². The Morgan fingerprint density at radius 3 is 2.56 bits per heavy atom. The molecular weight excluding hydrogens is 514 g/mol. The zero-order valence-electron chi connectivity index (χ0n) is 25.0. The molecule has 0 saturated heterocycles. The number of hydrogen-bond donors (Lipinski definition) is 1. The summed E-state index contributed by atoms with van der Waals surface area (Å²) in [7, 11) is 2.11. The molecule has 0 amide bonds. The molecule has 0 heterocycles. The zero-order valence-corrected chi connectivity index (χ0v) is 25.0. The summed E-state index contributed by atoms with van der Waals surface area (Å²) in [5.41, 5.74) is 2.36. The number of ketones is 1. The highest BCUT2D eigenvalue weighted by Crippen LogP contribution is 2.68. The van der Waals surface area contributed by atoms with E-state index in [1.165, 1.54) is 16.8 Å². The van der Waals surface area contributed by atoms with Crippen molar-refractivity contribution in [1.29, 1.82) is 0 Å². The summed E-state index contributed by atoms with van der Waals surface area (Å²) >= 11 is 0. The van der Waals surface area contributed by atoms with E-state index in [-0.39, 0.29) is 35.9 Å². The maximum absolute atomic E-state index is 13.0. The van der Waals surface area contributed by atoms with Gasteiger partial charge in [0, 0.05) is 30.1 Å². The zero-order chi connectivity index (χ0) is 29.5. The standard InChI is InChI=1S/C35H43NO5/c1-6-18-35(41-32(40)16-15-31(38)39)19-17-30-28-13-9-24-20-26(37)12-14-27(24)33(28)29(21-34(30,35)4)23-7-10-25(11-8-23)36(5)22(2)3/h7-8,10-12,14,20,22,27-30,33H,9,13,15-17,19,21H2,1-5H3,(H,38,39)/t27?,28?,29-,30?,33?,34+,35+/m1/s1. The Bertz CT molecular complexity index is 1330. The number of anilines is 1. The Labute approximate surface area is 244 Å². The fourth-order valence-corrected chi connectivity index (χ4v) is 8.58. The number of carbonyl (C=O) groups is 3. The maximum Gasteiger partial charge on any atom is 0.307 e. The molecule has 6 heteroatoms. The van der Waals surface area contributed by atoms with Crippen LogP contribution in [0, 0.1) is 40.9 Å². The highest BCUT2D eigenvalue weighted by molar-refractivity contribution is 6.00. The van der Waals surface area contributed by atoms with Crippen LogP contribution in [-0.2, 0) is 19.1 Å². The second-order valence-corrected chi connectivity index (χ2v) is 13.0. The molecule has 0 aliphatic heterocycles. The van der Waals surface area contributed by atoms with Crippen molar-refractivity contribution in [2.45, 2.75) is 90.2 Å². The Balaban J connectivity index is 1.56. The number of esters is 1. The molecule has 1 aromatic carbocycles. The monoisotopic (exact) mass is 557 g/mol. The molecule has 4 aliphatic rings. The van der Waals surface area contributed by atoms with Gasteiger partial charge in [-0.1, -0.05) is 36.6 Å². The first-order chi connectivity index (χ1) is 19.5. The van der Waals surface area contributed by atoms with Crippen LogP contribution < -0.4 is 4.90 Å². The van der Waals surface area contributed by atoms with Crippen molar-refractivity contribution in [1.82, 2.24) is 0 Å². The predicted molar refractivity (Wildman–Crippen MR) is 159 cm³/mol. The van der Waals surface area contributed by atoms with E-state index in [4.69, 9.17) is 9.84 Å². The van der Waals surface area contributed by atoms with E-state index in [0.717, 1.165) is 25.7 Å². The number of allylic oxidation sites excluding steroid dienone is 4. The summed E-state index contributed by atoms with van der Waals surface area (Å²) in [4.78, 5) is 38.7. The minimum Gasteiger partial charge on any atom is -0.481 e. The van der Waals surface area contributed by atoms with Crippen molar-refractivity contribution in [3.8, 4) is 11.8 Å². The molecule has 41 heavy (non-hydrogen) atoms. The summed E-state index contributed by atoms with van der Waals surface area (Å²) in [5.74, 6) is 6.51. The van der Waals surface area contributed by atoms with Gasteiger partial charge in [-0.05, 0) is 106 Å². The average Bonchev–Trinajstić information content (AvgIpc) is 3.22. The van der Waals surface area contributed by atoms with Crippen LogP contribution in [0.3, 0.4) is 0 Å². The number of aliphatic carboxylic acids is 1. The van der Waals surface area contributed by atoms with Crippen LogP contribution in [0.4, 0.5) is 5.69 Å². The van der Waals surface area contributed by atoms with Crippen LogP contribution in [0.15, 0.2) is 48.1 Å². The van der Waals surface area contributed by atoms with E-state index in [9.17, 15) is 14.4 Å². The van der Waals surface area contributed by atoms with Gasteiger partial charge >= 0.3 is 11.9 Å². The fraction of sp³-hybridized carbons (Fsp3) is 0.571. The molecule has 4 aliphatic carbocycles. The first-order valence-corrected chi connectivity index (χ1v) is 15.1. The molecule has 1 aromatic rings. The van der Waals surface area contributed by atoms with Crippen LogP contribution in [0.25, 0.3) is 0 Å². The summed E-state index contributed by atoms with van der Waals surface area (Å²) in [5, 5.41) is 9.14. The van der Waals surface area contributed by atoms with Crippen molar-refractivity contribution < 1.29 is 24.2 Å². The molecule has 0 radical (unpaired) electrons. The third-order valence-corrected chi connectivity index (χ3v) is 10.7. The summed E-state index contributed by atoms with van der Waals surface area (Å²) in [6.45, 7) is 8.41. The third kappa shape index (κ3) is 5.13. The predicted octanol–water partition coefficient (Wildman–Crippen LogP) is 6.31. The largest absolute Gasteiger partial charge is 0.481 e. The van der Waals surface area contributed by atoms with Gasteiger partial charge < -0.3 is 14.7 Å². The number of rotatable bonds is 7. The van der Waals surface area contributed by atoms with Crippen molar-refractivity contribution in [2.75, 3.05) is 11.9 Å². The molecule has 0 aromatic heterocycles. The summed E-state index contributed by atoms with van der Waals surface area (Å²) < 4.78 is 6.27. The molecule has 7 atom stereocenters. The van der Waals surface area contributed by atoms with Gasteiger partial charge in [0.05, 0.1) is 12.8 Å². The molecule has 0 bridgehead atoms. The van der Waals surface area contributed by atoms with Crippen LogP contribution >= 0.6 is 0 Å². The van der Waals surface area contributed by atoms with Gasteiger partial charge in [-0.15, -0.1) is 5.92 Å². The molecule has 6 nitrogen and oxygen atoms in total. The first-order valence-electron chi connectivity index (χ1n) is 15.1. The van der Waals surface area contributed by atoms with Crippen molar-refractivity contribution in [2.24, 2.45) is 29.1 Å². The Morgan fingerprint density at radius 1 is 1.17 bits per heavy atom. The van der Waals surface area contributed by atoms with Crippen LogP contribution in [-0.4, -0.2) is 41.5 Å². The molecule has 0 spiro atoms. The first kappa shape index (κ1) is 29.2. The highest BCUT2D eigenvalue weighted by atomic mass is 16.6. The Kier molecular flexibility index (Phi) is 7.94. The topological polar surface area (TPSA) is 83.9 Å². The molecule has 3 fully saturated rings. The lowest BCUT2D eigenvalue weighted by Gasteiger charge is -2.58. The van der Waals surface area contributed by atoms with Crippen molar-refractivity contribution in [3.63, 3.8) is 0 Å². The van der Waals surface area contributed by atoms with E-state index in [1.54, 1.807) is 13.0 Å². The van der Waals surface area contributed by atoms with Crippen LogP contribution in [0.5, 0.6) is 0 Å². The lowest BCUT2D eigenvalue weighted by atomic mass is 9.47. The number of fused-ring (bicyclic) bond motifs is 5. The van der Waals surface area contributed by atoms with Gasteiger partial charge in [0.1, 0.15) is 0 Å². The number of benzene rings is 1. The Morgan fingerprint density at radius 2 is 1.90 bits per heavy atom. The number of hydrogen-bond acceptors (Lipinski definition) is 5. The minimum absolute atomic E-state index is 0.0827. The normalized spacial score (nSPS) is 33.6. The molecular formula is C35H43NO5. The van der Waals surface area contributed by atoms with Crippen molar-refractivity contribution >= 4 is 23.4 Å². The van der Waals surface area contributed by atoms with E-state index < -0.39 is 17.5 Å². The highest BCUT2D eigenvalue weighted by Gasteiger charge is 2.66. The second kappa shape index (κ2) is 11.2. The summed E-state index contributed by atoms with van der Waals surface area (Å²) in [6.07, 6.45) is 9.63. The van der Waals surface area contributed by atoms with Gasteiger partial charge in [-0.2, -0.15) is 0 Å². The Hall–Kier alpha value is -3.33. The van der Waals surface area contributed by atoms with Gasteiger partial charge in [-0.3, -0.25) is 14.4 Å². The molecule has 5 rings (SSSR count). The van der Waals surface area contributed by atoms with Crippen molar-refractivity contribution in [3.05, 3.63) is 53.6 Å². The van der Waals surface area contributed by atoms with E-state index in [1.807, 2.05) is 6.08 Å². The maximum atomic E-state index is 13.0. The van der Waals surface area contributed by atoms with E-state index in [0.29, 0.717) is 30.2 Å². The number of nitrogens with zero attached hydrogens (tertiary/aromatic N) is 1. The summed E-state index contributed by atoms with van der Waals surface area (Å²) in [6, 6.07) is 9.32. The average molecular weight is 558 g/mol. The number of carboxylic acids is 1. The fourth-order valence-electron chi connectivity index (χ4n) is 8.58. The molecule has 3 saturated carbocycles. The SMILES string of the molecule is CC#C[C@]1(OC(=O)CCC(=O)O)CCC2C3CCC4=CC(=O)C=CC4C3[C@@H](c3ccc(N(C)C(C)C)cc3)C[C@@]21C. The number of carboxylic acid groups (broad SMARTS) is 1. The van der Waals surface area contributed by atoms with Crippen LogP contribution in [0.1, 0.15) is 84.1 Å². The lowest BCUT2D eigenvalue weighted by Crippen LogP contribution is -2.56. The minimum atomic E-state index is -1.01. The lowest BCUT2D eigenvalue weighted by molar-refractivity contribution is -0.172. The molecule has 1 N–H and O–H groups in total. The molecule has 218 valence electrons. The van der Waals surface area contributed by atoms with Gasteiger partial charge in [0.25, 0.3) is 0 Å². The van der Waals surface area contributed by atoms with E-state index >= 15 is 0 Å². The van der Waals surface area contributed by atoms with Crippen LogP contribution in [0.2, 0.25) is 0 Å². The second-order valence-electron chi connectivity index (χ2n) is 13.0. The van der Waals surface area contributed by atoms with Gasteiger partial charge in [0.2, 0.25) is 0 Å². The number of carbonyl (C=O) groups excluding carboxylic acids is 2. The third-order valence-electron chi connectivity index (χ3n) is 10.7. The van der Waals surface area contributed by atoms with E-state index in [2.05, 4.69) is 74.9 Å². The van der Waals surface area contributed by atoms with Gasteiger partial charge in [-0.25, -0.2) is 0 Å².